The lowest BCUT2D eigenvalue weighted by molar-refractivity contribution is -0.120. The summed E-state index contributed by atoms with van der Waals surface area (Å²) >= 11 is 0. The smallest absolute Gasteiger partial charge is 0.236 e. The molecule has 0 unspecified atom stereocenters. The first-order valence-electron chi connectivity index (χ1n) is 5.36. The molecule has 1 aromatic rings. The second kappa shape index (κ2) is 2.83. The maximum atomic E-state index is 12.1. The number of anilines is 1. The maximum Gasteiger partial charge on any atom is 0.236 e. The maximum absolute atomic E-state index is 12.1. The number of hydrogen-bond acceptors (Lipinski definition) is 2. The Morgan fingerprint density at radius 1 is 1.40 bits per heavy atom. The quantitative estimate of drug-likeness (QED) is 0.663. The largest absolute Gasteiger partial charge is 0.325 e. The average Bonchev–Trinajstić information content (AvgIpc) is 2.79. The molecule has 0 saturated carbocycles. The van der Waals surface area contributed by atoms with Gasteiger partial charge in [-0.05, 0) is 31.0 Å². The molecule has 2 aliphatic rings. The van der Waals surface area contributed by atoms with Gasteiger partial charge in [0.15, 0.2) is 0 Å². The van der Waals surface area contributed by atoms with E-state index in [1.165, 1.54) is 5.56 Å². The predicted octanol–water partition coefficient (Wildman–Crippen LogP) is 1.18. The highest BCUT2D eigenvalue weighted by Crippen LogP contribution is 2.43. The van der Waals surface area contributed by atoms with Crippen LogP contribution in [0.3, 0.4) is 0 Å². The van der Waals surface area contributed by atoms with Crippen molar-refractivity contribution in [3.8, 4) is 0 Å². The number of amides is 1. The number of aryl methyl sites for hydroxylation is 1. The Labute approximate surface area is 88.9 Å². The summed E-state index contributed by atoms with van der Waals surface area (Å²) < 4.78 is 0. The zero-order chi connectivity index (χ0) is 10.5. The molecule has 3 nitrogen and oxygen atoms in total. The summed E-state index contributed by atoms with van der Waals surface area (Å²) in [6, 6.07) is 6.16. The molecule has 1 fully saturated rings. The Balaban J connectivity index is 2.21. The van der Waals surface area contributed by atoms with Crippen LogP contribution in [-0.4, -0.2) is 19.0 Å². The van der Waals surface area contributed by atoms with Crippen molar-refractivity contribution >= 4 is 11.6 Å². The second-order valence-electron chi connectivity index (χ2n) is 4.46. The molecule has 1 amide bonds. The van der Waals surface area contributed by atoms with Crippen LogP contribution < -0.4 is 10.6 Å². The first-order chi connectivity index (χ1) is 7.24. The van der Waals surface area contributed by atoms with Crippen LogP contribution in [0.5, 0.6) is 0 Å². The van der Waals surface area contributed by atoms with Crippen LogP contribution in [0.15, 0.2) is 18.2 Å². The number of benzene rings is 1. The highest BCUT2D eigenvalue weighted by atomic mass is 16.2. The van der Waals surface area contributed by atoms with Crippen LogP contribution in [-0.2, 0) is 10.2 Å². The summed E-state index contributed by atoms with van der Waals surface area (Å²) in [5, 5.41) is 6.30. The number of nitrogens with one attached hydrogen (secondary N) is 2. The van der Waals surface area contributed by atoms with Gasteiger partial charge in [-0.15, -0.1) is 0 Å². The molecule has 2 N–H and O–H groups in total. The van der Waals surface area contributed by atoms with Gasteiger partial charge in [0, 0.05) is 12.2 Å². The summed E-state index contributed by atoms with van der Waals surface area (Å²) in [5.74, 6) is 0.164. The van der Waals surface area contributed by atoms with Crippen LogP contribution in [0.2, 0.25) is 0 Å². The number of carbonyl (C=O) groups is 1. The van der Waals surface area contributed by atoms with Crippen LogP contribution in [0.25, 0.3) is 0 Å². The third kappa shape index (κ3) is 1.01. The molecule has 0 aromatic heterocycles. The zero-order valence-corrected chi connectivity index (χ0v) is 8.76. The van der Waals surface area contributed by atoms with E-state index in [0.29, 0.717) is 0 Å². The fraction of sp³-hybridized carbons (Fsp3) is 0.417. The Bertz CT molecular complexity index is 433. The van der Waals surface area contributed by atoms with E-state index in [1.54, 1.807) is 0 Å². The minimum Gasteiger partial charge on any atom is -0.325 e. The Morgan fingerprint density at radius 3 is 3.00 bits per heavy atom. The third-order valence-corrected chi connectivity index (χ3v) is 3.62. The van der Waals surface area contributed by atoms with Crippen LogP contribution in [0.4, 0.5) is 5.69 Å². The van der Waals surface area contributed by atoms with Gasteiger partial charge in [0.25, 0.3) is 0 Å². The van der Waals surface area contributed by atoms with Gasteiger partial charge in [-0.25, -0.2) is 0 Å². The van der Waals surface area contributed by atoms with E-state index in [2.05, 4.69) is 16.7 Å². The van der Waals surface area contributed by atoms with E-state index in [-0.39, 0.29) is 11.3 Å². The summed E-state index contributed by atoms with van der Waals surface area (Å²) in [6.07, 6.45) is 0.912. The molecular formula is C12H14N2O. The van der Waals surface area contributed by atoms with E-state index in [0.717, 1.165) is 30.8 Å². The highest BCUT2D eigenvalue weighted by Gasteiger charge is 2.48. The minimum atomic E-state index is -0.290. The van der Waals surface area contributed by atoms with Crippen molar-refractivity contribution < 1.29 is 4.79 Å². The Kier molecular flexibility index (Phi) is 1.68. The normalized spacial score (nSPS) is 28.2. The van der Waals surface area contributed by atoms with Gasteiger partial charge in [0.05, 0.1) is 5.41 Å². The molecule has 1 saturated heterocycles. The Morgan fingerprint density at radius 2 is 2.27 bits per heavy atom. The summed E-state index contributed by atoms with van der Waals surface area (Å²) in [5.41, 5.74) is 3.08. The van der Waals surface area contributed by atoms with Gasteiger partial charge < -0.3 is 10.6 Å². The summed E-state index contributed by atoms with van der Waals surface area (Å²) in [4.78, 5) is 12.1. The van der Waals surface area contributed by atoms with Gasteiger partial charge in [-0.1, -0.05) is 18.2 Å². The monoisotopic (exact) mass is 202 g/mol. The Hall–Kier alpha value is -1.35. The lowest BCUT2D eigenvalue weighted by atomic mass is 9.80. The molecule has 1 aromatic carbocycles. The average molecular weight is 202 g/mol. The number of hydrogen-bond donors (Lipinski definition) is 2. The number of carbonyl (C=O) groups excluding carboxylic acids is 1. The van der Waals surface area contributed by atoms with Gasteiger partial charge in [0.2, 0.25) is 5.91 Å². The number of rotatable bonds is 0. The highest BCUT2D eigenvalue weighted by molar-refractivity contribution is 6.07. The first-order valence-corrected chi connectivity index (χ1v) is 5.36. The minimum absolute atomic E-state index is 0.164. The molecule has 2 aliphatic heterocycles. The fourth-order valence-electron chi connectivity index (χ4n) is 2.70. The van der Waals surface area contributed by atoms with E-state index in [9.17, 15) is 4.79 Å². The number of para-hydroxylation sites is 1. The predicted molar refractivity (Wildman–Crippen MR) is 59.0 cm³/mol. The molecule has 15 heavy (non-hydrogen) atoms. The van der Waals surface area contributed by atoms with E-state index in [1.807, 2.05) is 19.1 Å². The molecule has 1 spiro atoms. The van der Waals surface area contributed by atoms with Crippen molar-refractivity contribution in [2.24, 2.45) is 0 Å². The van der Waals surface area contributed by atoms with E-state index in [4.69, 9.17) is 0 Å². The van der Waals surface area contributed by atoms with Crippen LogP contribution in [0.1, 0.15) is 17.5 Å². The molecule has 0 aliphatic carbocycles. The topological polar surface area (TPSA) is 41.1 Å². The first kappa shape index (κ1) is 8.92. The van der Waals surface area contributed by atoms with Crippen LogP contribution in [0, 0.1) is 6.92 Å². The second-order valence-corrected chi connectivity index (χ2v) is 4.46. The number of fused-ring (bicyclic) bond motifs is 2. The standard InChI is InChI=1S/C12H14N2O/c1-8-3-2-4-9-10(8)14-11(15)12(9)5-6-13-7-12/h2-4,13H,5-7H2,1H3,(H,14,15)/t12-/m0/s1. The molecule has 3 heteroatoms. The molecule has 0 bridgehead atoms. The van der Waals surface area contributed by atoms with Crippen molar-refractivity contribution in [1.29, 1.82) is 0 Å². The van der Waals surface area contributed by atoms with Gasteiger partial charge in [-0.3, -0.25) is 4.79 Å². The fourth-order valence-corrected chi connectivity index (χ4v) is 2.70. The molecule has 1 atom stereocenters. The van der Waals surface area contributed by atoms with Crippen LogP contribution >= 0.6 is 0 Å². The van der Waals surface area contributed by atoms with E-state index < -0.39 is 0 Å². The molecule has 3 rings (SSSR count). The lowest BCUT2D eigenvalue weighted by Crippen LogP contribution is -2.36. The van der Waals surface area contributed by atoms with E-state index >= 15 is 0 Å². The van der Waals surface area contributed by atoms with Crippen molar-refractivity contribution in [1.82, 2.24) is 5.32 Å². The van der Waals surface area contributed by atoms with Crippen molar-refractivity contribution in [2.75, 3.05) is 18.4 Å². The third-order valence-electron chi connectivity index (χ3n) is 3.62. The molecule has 78 valence electrons. The SMILES string of the molecule is Cc1cccc2c1NC(=O)[C@]21CCNC1. The van der Waals surface area contributed by atoms with Crippen molar-refractivity contribution in [3.63, 3.8) is 0 Å². The van der Waals surface area contributed by atoms with Crippen molar-refractivity contribution in [2.45, 2.75) is 18.8 Å². The zero-order valence-electron chi connectivity index (χ0n) is 8.76. The molecular weight excluding hydrogens is 188 g/mol. The van der Waals surface area contributed by atoms with Gasteiger partial charge in [-0.2, -0.15) is 0 Å². The van der Waals surface area contributed by atoms with Gasteiger partial charge >= 0.3 is 0 Å². The molecule has 2 heterocycles. The van der Waals surface area contributed by atoms with Crippen molar-refractivity contribution in [3.05, 3.63) is 29.3 Å². The van der Waals surface area contributed by atoms with Gasteiger partial charge in [0.1, 0.15) is 0 Å². The lowest BCUT2D eigenvalue weighted by Gasteiger charge is -2.19. The summed E-state index contributed by atoms with van der Waals surface area (Å²) in [6.45, 7) is 3.75. The summed E-state index contributed by atoms with van der Waals surface area (Å²) in [7, 11) is 0. The molecule has 0 radical (unpaired) electrons.